The summed E-state index contributed by atoms with van der Waals surface area (Å²) < 4.78 is 0. The SMILES string of the molecule is CC(C)(C)NC(=O)C1CCCN(c2ncnc3ncccc23)C1. The first-order valence-corrected chi connectivity index (χ1v) is 8.07. The second-order valence-corrected chi connectivity index (χ2v) is 7.10. The molecule has 1 amide bonds. The normalized spacial score (nSPS) is 18.9. The van der Waals surface area contributed by atoms with Gasteiger partial charge in [-0.25, -0.2) is 15.0 Å². The van der Waals surface area contributed by atoms with Crippen LogP contribution in [0.4, 0.5) is 5.82 Å². The number of nitrogens with one attached hydrogen (secondary N) is 1. The first-order valence-electron chi connectivity index (χ1n) is 8.07. The van der Waals surface area contributed by atoms with E-state index >= 15 is 0 Å². The van der Waals surface area contributed by atoms with Crippen molar-refractivity contribution in [3.8, 4) is 0 Å². The molecular formula is C17H23N5O. The minimum Gasteiger partial charge on any atom is -0.355 e. The van der Waals surface area contributed by atoms with Gasteiger partial charge in [0.15, 0.2) is 5.65 Å². The number of piperidine rings is 1. The maximum Gasteiger partial charge on any atom is 0.225 e. The van der Waals surface area contributed by atoms with Crippen molar-refractivity contribution in [3.05, 3.63) is 24.7 Å². The first kappa shape index (κ1) is 15.6. The number of fused-ring (bicyclic) bond motifs is 1. The molecule has 2 aromatic heterocycles. The zero-order valence-corrected chi connectivity index (χ0v) is 13.9. The average molecular weight is 313 g/mol. The molecule has 0 bridgehead atoms. The predicted molar refractivity (Wildman–Crippen MR) is 90.2 cm³/mol. The molecule has 2 aromatic rings. The number of hydrogen-bond donors (Lipinski definition) is 1. The maximum absolute atomic E-state index is 12.5. The molecule has 23 heavy (non-hydrogen) atoms. The van der Waals surface area contributed by atoms with Gasteiger partial charge in [-0.05, 0) is 45.7 Å². The molecule has 122 valence electrons. The molecule has 1 aliphatic heterocycles. The predicted octanol–water partition coefficient (Wildman–Crippen LogP) is 2.16. The molecule has 1 saturated heterocycles. The van der Waals surface area contributed by atoms with Crippen molar-refractivity contribution in [1.82, 2.24) is 20.3 Å². The third kappa shape index (κ3) is 3.57. The van der Waals surface area contributed by atoms with Crippen LogP contribution in [0.15, 0.2) is 24.7 Å². The summed E-state index contributed by atoms with van der Waals surface area (Å²) in [4.78, 5) is 27.6. The van der Waals surface area contributed by atoms with Crippen LogP contribution in [0.5, 0.6) is 0 Å². The largest absolute Gasteiger partial charge is 0.355 e. The van der Waals surface area contributed by atoms with E-state index in [0.717, 1.165) is 30.6 Å². The van der Waals surface area contributed by atoms with Gasteiger partial charge in [0.2, 0.25) is 5.91 Å². The Hall–Kier alpha value is -2.24. The number of hydrogen-bond acceptors (Lipinski definition) is 5. The molecule has 0 spiro atoms. The van der Waals surface area contributed by atoms with Crippen molar-refractivity contribution >= 4 is 22.8 Å². The van der Waals surface area contributed by atoms with Gasteiger partial charge >= 0.3 is 0 Å². The van der Waals surface area contributed by atoms with Crippen LogP contribution >= 0.6 is 0 Å². The summed E-state index contributed by atoms with van der Waals surface area (Å²) in [5.74, 6) is 0.986. The molecule has 0 aromatic carbocycles. The highest BCUT2D eigenvalue weighted by Crippen LogP contribution is 2.26. The van der Waals surface area contributed by atoms with Gasteiger partial charge in [-0.3, -0.25) is 4.79 Å². The molecule has 1 N–H and O–H groups in total. The van der Waals surface area contributed by atoms with Crippen LogP contribution in [0.25, 0.3) is 11.0 Å². The molecule has 1 unspecified atom stereocenters. The van der Waals surface area contributed by atoms with Gasteiger partial charge in [-0.15, -0.1) is 0 Å². The number of carbonyl (C=O) groups is 1. The molecular weight excluding hydrogens is 290 g/mol. The second-order valence-electron chi connectivity index (χ2n) is 7.10. The Balaban J connectivity index is 1.82. The summed E-state index contributed by atoms with van der Waals surface area (Å²) in [6, 6.07) is 3.87. The van der Waals surface area contributed by atoms with Crippen molar-refractivity contribution in [2.45, 2.75) is 39.2 Å². The number of rotatable bonds is 2. The average Bonchev–Trinajstić information content (AvgIpc) is 2.53. The first-order chi connectivity index (χ1) is 10.9. The molecule has 0 aliphatic carbocycles. The summed E-state index contributed by atoms with van der Waals surface area (Å²) in [6.07, 6.45) is 5.17. The molecule has 3 rings (SSSR count). The second kappa shape index (κ2) is 6.10. The van der Waals surface area contributed by atoms with E-state index < -0.39 is 0 Å². The van der Waals surface area contributed by atoms with E-state index in [9.17, 15) is 4.79 Å². The smallest absolute Gasteiger partial charge is 0.225 e. The highest BCUT2D eigenvalue weighted by molar-refractivity contribution is 5.87. The molecule has 1 atom stereocenters. The summed E-state index contributed by atoms with van der Waals surface area (Å²) in [7, 11) is 0. The van der Waals surface area contributed by atoms with Crippen LogP contribution in [0, 0.1) is 5.92 Å². The van der Waals surface area contributed by atoms with Gasteiger partial charge in [0.25, 0.3) is 0 Å². The van der Waals surface area contributed by atoms with E-state index in [1.807, 2.05) is 32.9 Å². The molecule has 0 saturated carbocycles. The van der Waals surface area contributed by atoms with E-state index in [0.29, 0.717) is 12.2 Å². The van der Waals surface area contributed by atoms with Crippen molar-refractivity contribution < 1.29 is 4.79 Å². The quantitative estimate of drug-likeness (QED) is 0.920. The fraction of sp³-hybridized carbons (Fsp3) is 0.529. The van der Waals surface area contributed by atoms with Gasteiger partial charge in [0.1, 0.15) is 12.1 Å². The maximum atomic E-state index is 12.5. The Morgan fingerprint density at radius 2 is 2.13 bits per heavy atom. The Morgan fingerprint density at radius 3 is 2.91 bits per heavy atom. The van der Waals surface area contributed by atoms with Gasteiger partial charge in [-0.1, -0.05) is 0 Å². The summed E-state index contributed by atoms with van der Waals surface area (Å²) in [6.45, 7) is 7.61. The Bertz CT molecular complexity index is 704. The highest BCUT2D eigenvalue weighted by Gasteiger charge is 2.29. The van der Waals surface area contributed by atoms with E-state index in [4.69, 9.17) is 0 Å². The third-order valence-electron chi connectivity index (χ3n) is 3.98. The van der Waals surface area contributed by atoms with Gasteiger partial charge in [-0.2, -0.15) is 0 Å². The van der Waals surface area contributed by atoms with Crippen molar-refractivity contribution in [3.63, 3.8) is 0 Å². The summed E-state index contributed by atoms with van der Waals surface area (Å²) in [5, 5.41) is 4.02. The van der Waals surface area contributed by atoms with Crippen LogP contribution in [0.3, 0.4) is 0 Å². The molecule has 1 fully saturated rings. The molecule has 6 nitrogen and oxygen atoms in total. The fourth-order valence-electron chi connectivity index (χ4n) is 2.99. The monoisotopic (exact) mass is 313 g/mol. The van der Waals surface area contributed by atoms with Gasteiger partial charge in [0, 0.05) is 24.8 Å². The number of anilines is 1. The lowest BCUT2D eigenvalue weighted by Crippen LogP contribution is -2.48. The Labute approximate surface area is 136 Å². The molecule has 6 heteroatoms. The number of carbonyl (C=O) groups excluding carboxylic acids is 1. The zero-order valence-electron chi connectivity index (χ0n) is 13.9. The van der Waals surface area contributed by atoms with Crippen molar-refractivity contribution in [1.29, 1.82) is 0 Å². The molecule has 3 heterocycles. The van der Waals surface area contributed by atoms with Crippen molar-refractivity contribution in [2.75, 3.05) is 18.0 Å². The lowest BCUT2D eigenvalue weighted by Gasteiger charge is -2.34. The summed E-state index contributed by atoms with van der Waals surface area (Å²) in [5.41, 5.74) is 0.490. The standard InChI is InChI=1S/C17H23N5O/c1-17(2,3)21-16(23)12-6-5-9-22(10-12)15-13-7-4-8-18-14(13)19-11-20-15/h4,7-8,11-12H,5-6,9-10H2,1-3H3,(H,21,23). The van der Waals surface area contributed by atoms with Crippen molar-refractivity contribution in [2.24, 2.45) is 5.92 Å². The van der Waals surface area contributed by atoms with E-state index in [2.05, 4.69) is 25.2 Å². The lowest BCUT2D eigenvalue weighted by molar-refractivity contribution is -0.126. The van der Waals surface area contributed by atoms with Crippen LogP contribution in [0.1, 0.15) is 33.6 Å². The zero-order chi connectivity index (χ0) is 16.4. The molecule has 0 radical (unpaired) electrons. The van der Waals surface area contributed by atoms with E-state index in [1.54, 1.807) is 12.5 Å². The van der Waals surface area contributed by atoms with Crippen LogP contribution in [-0.2, 0) is 4.79 Å². The summed E-state index contributed by atoms with van der Waals surface area (Å²) >= 11 is 0. The van der Waals surface area contributed by atoms with Crippen LogP contribution in [-0.4, -0.2) is 39.5 Å². The number of amides is 1. The minimum absolute atomic E-state index is 0.00957. The Morgan fingerprint density at radius 1 is 1.30 bits per heavy atom. The third-order valence-corrected chi connectivity index (χ3v) is 3.98. The van der Waals surface area contributed by atoms with Crippen LogP contribution < -0.4 is 10.2 Å². The van der Waals surface area contributed by atoms with E-state index in [1.165, 1.54) is 0 Å². The van der Waals surface area contributed by atoms with Gasteiger partial charge in [0.05, 0.1) is 11.3 Å². The number of pyridine rings is 1. The van der Waals surface area contributed by atoms with E-state index in [-0.39, 0.29) is 17.4 Å². The van der Waals surface area contributed by atoms with Crippen LogP contribution in [0.2, 0.25) is 0 Å². The number of nitrogens with zero attached hydrogens (tertiary/aromatic N) is 4. The molecule has 1 aliphatic rings. The van der Waals surface area contributed by atoms with Gasteiger partial charge < -0.3 is 10.2 Å². The fourth-order valence-corrected chi connectivity index (χ4v) is 2.99. The minimum atomic E-state index is -0.203. The Kier molecular flexibility index (Phi) is 4.15. The topological polar surface area (TPSA) is 71.0 Å². The highest BCUT2D eigenvalue weighted by atomic mass is 16.2. The number of aromatic nitrogens is 3. The lowest BCUT2D eigenvalue weighted by atomic mass is 9.95.